The predicted molar refractivity (Wildman–Crippen MR) is 111 cm³/mol. The van der Waals surface area contributed by atoms with Crippen molar-refractivity contribution < 1.29 is 13.2 Å². The van der Waals surface area contributed by atoms with Crippen LogP contribution < -0.4 is 5.73 Å². The summed E-state index contributed by atoms with van der Waals surface area (Å²) in [6, 6.07) is 20.0. The molecule has 0 aliphatic heterocycles. The minimum Gasteiger partial charge on any atom is -0.364 e. The number of amides is 1. The third-order valence-electron chi connectivity index (χ3n) is 4.63. The van der Waals surface area contributed by atoms with Crippen LogP contribution in [0.4, 0.5) is 0 Å². The van der Waals surface area contributed by atoms with Crippen molar-refractivity contribution in [1.29, 1.82) is 0 Å². The fourth-order valence-electron chi connectivity index (χ4n) is 3.08. The first kappa shape index (κ1) is 19.5. The zero-order valence-electron chi connectivity index (χ0n) is 15.8. The van der Waals surface area contributed by atoms with Crippen molar-refractivity contribution >= 4 is 15.7 Å². The van der Waals surface area contributed by atoms with Crippen molar-refractivity contribution in [2.75, 3.05) is 0 Å². The van der Waals surface area contributed by atoms with E-state index in [4.69, 9.17) is 5.73 Å². The summed E-state index contributed by atoms with van der Waals surface area (Å²) in [4.78, 5) is 16.3. The second-order valence-electron chi connectivity index (χ2n) is 6.63. The molecule has 0 bridgehead atoms. The Labute approximate surface area is 173 Å². The van der Waals surface area contributed by atoms with Gasteiger partial charge in [0.2, 0.25) is 9.84 Å². The van der Waals surface area contributed by atoms with Crippen LogP contribution in [0.25, 0.3) is 11.3 Å². The number of carbonyl (C=O) groups is 1. The molecule has 0 fully saturated rings. The van der Waals surface area contributed by atoms with E-state index >= 15 is 0 Å². The Morgan fingerprint density at radius 2 is 1.53 bits per heavy atom. The highest BCUT2D eigenvalue weighted by Crippen LogP contribution is 2.22. The fraction of sp³-hybridized carbons (Fsp3) is 0.0455. The highest BCUT2D eigenvalue weighted by atomic mass is 32.2. The molecule has 0 aliphatic carbocycles. The van der Waals surface area contributed by atoms with Crippen molar-refractivity contribution in [1.82, 2.24) is 14.8 Å². The lowest BCUT2D eigenvalue weighted by Gasteiger charge is -2.08. The molecule has 0 radical (unpaired) electrons. The SMILES string of the molecule is NC(=O)c1cc(-c2ccncc2)nn1Cc1ccc(S(=O)(=O)c2ccccc2)cc1. The third-order valence-corrected chi connectivity index (χ3v) is 6.41. The molecule has 0 spiro atoms. The van der Waals surface area contributed by atoms with Crippen LogP contribution in [-0.2, 0) is 16.4 Å². The molecule has 150 valence electrons. The molecular weight excluding hydrogens is 400 g/mol. The standard InChI is InChI=1S/C22H18N4O3S/c23-22(27)21-14-20(17-10-12-24-13-11-17)25-26(21)15-16-6-8-19(9-7-16)30(28,29)18-4-2-1-3-5-18/h1-14H,15H2,(H2,23,27). The number of sulfone groups is 1. The minimum atomic E-state index is -3.58. The predicted octanol–water partition coefficient (Wildman–Crippen LogP) is 2.93. The van der Waals surface area contributed by atoms with Gasteiger partial charge in [0.25, 0.3) is 5.91 Å². The van der Waals surface area contributed by atoms with Crippen molar-refractivity contribution in [3.8, 4) is 11.3 Å². The maximum absolute atomic E-state index is 12.7. The van der Waals surface area contributed by atoms with Gasteiger partial charge in [-0.15, -0.1) is 0 Å². The molecule has 4 aromatic rings. The summed E-state index contributed by atoms with van der Waals surface area (Å²) >= 11 is 0. The lowest BCUT2D eigenvalue weighted by molar-refractivity contribution is 0.0990. The summed E-state index contributed by atoms with van der Waals surface area (Å²) in [5.41, 5.74) is 7.99. The van der Waals surface area contributed by atoms with Gasteiger partial charge in [-0.25, -0.2) is 8.42 Å². The highest BCUT2D eigenvalue weighted by molar-refractivity contribution is 7.91. The molecule has 2 heterocycles. The van der Waals surface area contributed by atoms with Gasteiger partial charge in [-0.2, -0.15) is 5.10 Å². The first-order valence-corrected chi connectivity index (χ1v) is 10.6. The van der Waals surface area contributed by atoms with Gasteiger partial charge in [0.1, 0.15) is 5.69 Å². The van der Waals surface area contributed by atoms with Gasteiger partial charge in [-0.3, -0.25) is 14.5 Å². The van der Waals surface area contributed by atoms with Crippen LogP contribution in [0.2, 0.25) is 0 Å². The molecule has 0 unspecified atom stereocenters. The Hall–Kier alpha value is -3.78. The number of hydrogen-bond acceptors (Lipinski definition) is 5. The monoisotopic (exact) mass is 418 g/mol. The van der Waals surface area contributed by atoms with Gasteiger partial charge in [-0.05, 0) is 48.0 Å². The van der Waals surface area contributed by atoms with Crippen LogP contribution in [0.3, 0.4) is 0 Å². The van der Waals surface area contributed by atoms with Crippen LogP contribution >= 0.6 is 0 Å². The molecule has 30 heavy (non-hydrogen) atoms. The molecule has 8 heteroatoms. The Kier molecular flexibility index (Phi) is 5.16. The van der Waals surface area contributed by atoms with Gasteiger partial charge in [0.15, 0.2) is 0 Å². The third kappa shape index (κ3) is 3.85. The normalized spacial score (nSPS) is 11.3. The second kappa shape index (κ2) is 7.92. The molecule has 1 amide bonds. The number of nitrogens with two attached hydrogens (primary N) is 1. The average Bonchev–Trinajstić information content (AvgIpc) is 3.19. The van der Waals surface area contributed by atoms with E-state index in [0.717, 1.165) is 11.1 Å². The van der Waals surface area contributed by atoms with Crippen molar-refractivity contribution in [2.45, 2.75) is 16.3 Å². The number of hydrogen-bond donors (Lipinski definition) is 1. The van der Waals surface area contributed by atoms with Crippen molar-refractivity contribution in [3.63, 3.8) is 0 Å². The molecule has 0 saturated carbocycles. The van der Waals surface area contributed by atoms with E-state index in [1.165, 1.54) is 4.68 Å². The molecule has 2 N–H and O–H groups in total. The summed E-state index contributed by atoms with van der Waals surface area (Å²) in [6.45, 7) is 0.273. The number of aromatic nitrogens is 3. The Bertz CT molecular complexity index is 1280. The van der Waals surface area contributed by atoms with E-state index in [9.17, 15) is 13.2 Å². The van der Waals surface area contributed by atoms with Crippen LogP contribution in [0.5, 0.6) is 0 Å². The topological polar surface area (TPSA) is 108 Å². The number of nitrogens with zero attached hydrogens (tertiary/aromatic N) is 3. The summed E-state index contributed by atoms with van der Waals surface area (Å²) in [5, 5.41) is 4.49. The molecule has 4 rings (SSSR count). The van der Waals surface area contributed by atoms with Gasteiger partial charge in [-0.1, -0.05) is 30.3 Å². The molecule has 0 aliphatic rings. The summed E-state index contributed by atoms with van der Waals surface area (Å²) in [6.07, 6.45) is 3.29. The number of primary amides is 1. The summed E-state index contributed by atoms with van der Waals surface area (Å²) in [5.74, 6) is -0.592. The highest BCUT2D eigenvalue weighted by Gasteiger charge is 2.18. The lowest BCUT2D eigenvalue weighted by atomic mass is 10.2. The Morgan fingerprint density at radius 3 is 2.17 bits per heavy atom. The van der Waals surface area contributed by atoms with Gasteiger partial charge >= 0.3 is 0 Å². The number of benzene rings is 2. The molecule has 7 nitrogen and oxygen atoms in total. The second-order valence-corrected chi connectivity index (χ2v) is 8.58. The number of carbonyl (C=O) groups excluding carboxylic acids is 1. The molecular formula is C22H18N4O3S. The summed E-state index contributed by atoms with van der Waals surface area (Å²) in [7, 11) is -3.58. The Morgan fingerprint density at radius 1 is 0.900 bits per heavy atom. The smallest absolute Gasteiger partial charge is 0.267 e. The molecule has 2 aromatic carbocycles. The maximum atomic E-state index is 12.7. The minimum absolute atomic E-state index is 0.200. The number of pyridine rings is 1. The van der Waals surface area contributed by atoms with E-state index in [2.05, 4.69) is 10.1 Å². The van der Waals surface area contributed by atoms with Gasteiger partial charge in [0, 0.05) is 18.0 Å². The van der Waals surface area contributed by atoms with E-state index in [-0.39, 0.29) is 22.0 Å². The van der Waals surface area contributed by atoms with Crippen LogP contribution in [0.1, 0.15) is 16.1 Å². The van der Waals surface area contributed by atoms with Crippen LogP contribution in [-0.4, -0.2) is 29.1 Å². The maximum Gasteiger partial charge on any atom is 0.267 e. The lowest BCUT2D eigenvalue weighted by Crippen LogP contribution is -2.18. The zero-order valence-corrected chi connectivity index (χ0v) is 16.7. The van der Waals surface area contributed by atoms with E-state index in [1.54, 1.807) is 85.2 Å². The van der Waals surface area contributed by atoms with E-state index in [0.29, 0.717) is 5.69 Å². The summed E-state index contributed by atoms with van der Waals surface area (Å²) < 4.78 is 27.0. The number of rotatable bonds is 6. The van der Waals surface area contributed by atoms with Crippen molar-refractivity contribution in [3.05, 3.63) is 96.4 Å². The van der Waals surface area contributed by atoms with E-state index < -0.39 is 15.7 Å². The fourth-order valence-corrected chi connectivity index (χ4v) is 4.36. The van der Waals surface area contributed by atoms with Crippen molar-refractivity contribution in [2.24, 2.45) is 5.73 Å². The first-order chi connectivity index (χ1) is 14.4. The molecule has 2 aromatic heterocycles. The van der Waals surface area contributed by atoms with Gasteiger partial charge in [0.05, 0.1) is 22.0 Å². The average molecular weight is 418 g/mol. The van der Waals surface area contributed by atoms with Crippen LogP contribution in [0, 0.1) is 0 Å². The van der Waals surface area contributed by atoms with E-state index in [1.807, 2.05) is 0 Å². The molecule has 0 atom stereocenters. The van der Waals surface area contributed by atoms with Crippen LogP contribution in [0.15, 0.2) is 95.0 Å². The largest absolute Gasteiger partial charge is 0.364 e. The zero-order chi connectivity index (χ0) is 21.1. The first-order valence-electron chi connectivity index (χ1n) is 9.12. The quantitative estimate of drug-likeness (QED) is 0.518. The molecule has 0 saturated heterocycles. The Balaban J connectivity index is 1.62. The van der Waals surface area contributed by atoms with Gasteiger partial charge < -0.3 is 5.73 Å².